The van der Waals surface area contributed by atoms with Gasteiger partial charge in [-0.15, -0.1) is 6.42 Å². The molecule has 1 N–H and O–H groups in total. The summed E-state index contributed by atoms with van der Waals surface area (Å²) >= 11 is 0. The largest absolute Gasteiger partial charge is 0.376 e. The molecule has 0 radical (unpaired) electrons. The van der Waals surface area contributed by atoms with Gasteiger partial charge in [0, 0.05) is 25.2 Å². The molecule has 3 heteroatoms. The fourth-order valence-electron chi connectivity index (χ4n) is 2.01. The van der Waals surface area contributed by atoms with Gasteiger partial charge < -0.3 is 10.1 Å². The minimum Gasteiger partial charge on any atom is -0.376 e. The zero-order valence-corrected chi connectivity index (χ0v) is 9.99. The summed E-state index contributed by atoms with van der Waals surface area (Å²) in [5.74, 6) is 2.59. The highest BCUT2D eigenvalue weighted by Crippen LogP contribution is 2.14. The van der Waals surface area contributed by atoms with Crippen LogP contribution in [0.5, 0.6) is 0 Å². The van der Waals surface area contributed by atoms with Crippen molar-refractivity contribution < 1.29 is 4.74 Å². The fourth-order valence-corrected chi connectivity index (χ4v) is 2.01. The number of hydrogen-bond acceptors (Lipinski definition) is 3. The Hall–Kier alpha value is -0.560. The Bertz CT molecular complexity index is 224. The normalized spacial score (nSPS) is 29.7. The summed E-state index contributed by atoms with van der Waals surface area (Å²) < 4.78 is 5.60. The molecule has 0 bridgehead atoms. The molecule has 0 amide bonds. The Morgan fingerprint density at radius 3 is 3.00 bits per heavy atom. The molecule has 0 aromatic heterocycles. The molecule has 3 atom stereocenters. The van der Waals surface area contributed by atoms with E-state index in [2.05, 4.69) is 36.9 Å². The Morgan fingerprint density at radius 2 is 2.33 bits per heavy atom. The van der Waals surface area contributed by atoms with Gasteiger partial charge in [0.15, 0.2) is 0 Å². The van der Waals surface area contributed by atoms with Crippen molar-refractivity contribution >= 4 is 0 Å². The minimum absolute atomic E-state index is 0.344. The molecule has 3 unspecified atom stereocenters. The van der Waals surface area contributed by atoms with Crippen LogP contribution in [0.1, 0.15) is 20.8 Å². The summed E-state index contributed by atoms with van der Waals surface area (Å²) in [6, 6.07) is 1.02. The van der Waals surface area contributed by atoms with Gasteiger partial charge in [-0.1, -0.05) is 5.92 Å². The van der Waals surface area contributed by atoms with Crippen LogP contribution in [0.25, 0.3) is 0 Å². The number of nitrogens with one attached hydrogen (secondary N) is 1. The molecule has 1 aliphatic rings. The maximum absolute atomic E-state index is 5.60. The van der Waals surface area contributed by atoms with E-state index in [0.717, 1.165) is 19.7 Å². The smallest absolute Gasteiger partial charge is 0.0674 e. The van der Waals surface area contributed by atoms with E-state index in [1.165, 1.54) is 0 Å². The second kappa shape index (κ2) is 6.12. The molecule has 3 nitrogen and oxygen atoms in total. The molecule has 1 saturated heterocycles. The standard InChI is InChI=1S/C12H22N2O/c1-5-6-13-7-10(2)14-8-12(4)15-9-11(14)3/h1,10-13H,6-9H2,2-4H3. The quantitative estimate of drug-likeness (QED) is 0.546. The summed E-state index contributed by atoms with van der Waals surface area (Å²) in [5, 5.41) is 3.25. The van der Waals surface area contributed by atoms with Crippen molar-refractivity contribution in [1.82, 2.24) is 10.2 Å². The van der Waals surface area contributed by atoms with Crippen molar-refractivity contribution in [3.8, 4) is 12.3 Å². The molecule has 0 aromatic carbocycles. The molecule has 1 rings (SSSR count). The molecule has 0 saturated carbocycles. The second-order valence-corrected chi connectivity index (χ2v) is 4.37. The van der Waals surface area contributed by atoms with E-state index in [0.29, 0.717) is 24.7 Å². The molecular weight excluding hydrogens is 188 g/mol. The predicted octanol–water partition coefficient (Wildman–Crippen LogP) is 0.707. The van der Waals surface area contributed by atoms with Crippen LogP contribution in [0, 0.1) is 12.3 Å². The molecule has 15 heavy (non-hydrogen) atoms. The molecule has 1 heterocycles. The van der Waals surface area contributed by atoms with Crippen LogP contribution in [0.4, 0.5) is 0 Å². The number of ether oxygens (including phenoxy) is 1. The van der Waals surface area contributed by atoms with Gasteiger partial charge in [-0.2, -0.15) is 0 Å². The van der Waals surface area contributed by atoms with E-state index in [-0.39, 0.29) is 0 Å². The summed E-state index contributed by atoms with van der Waals surface area (Å²) in [6.45, 7) is 10.0. The van der Waals surface area contributed by atoms with E-state index in [9.17, 15) is 0 Å². The van der Waals surface area contributed by atoms with Crippen LogP contribution in [0.3, 0.4) is 0 Å². The lowest BCUT2D eigenvalue weighted by Crippen LogP contribution is -2.53. The highest BCUT2D eigenvalue weighted by molar-refractivity contribution is 4.88. The Labute approximate surface area is 93.2 Å². The van der Waals surface area contributed by atoms with E-state index in [1.807, 2.05) is 0 Å². The SMILES string of the molecule is C#CCNCC(C)N1CC(C)OCC1C. The zero-order chi connectivity index (χ0) is 11.3. The Balaban J connectivity index is 2.36. The summed E-state index contributed by atoms with van der Waals surface area (Å²) in [4.78, 5) is 2.48. The predicted molar refractivity (Wildman–Crippen MR) is 62.7 cm³/mol. The lowest BCUT2D eigenvalue weighted by Gasteiger charge is -2.40. The van der Waals surface area contributed by atoms with Crippen LogP contribution >= 0.6 is 0 Å². The first kappa shape index (κ1) is 12.5. The van der Waals surface area contributed by atoms with Gasteiger partial charge in [-0.05, 0) is 20.8 Å². The van der Waals surface area contributed by atoms with Crippen LogP contribution < -0.4 is 5.32 Å². The second-order valence-electron chi connectivity index (χ2n) is 4.37. The van der Waals surface area contributed by atoms with E-state index < -0.39 is 0 Å². The number of rotatable bonds is 4. The summed E-state index contributed by atoms with van der Waals surface area (Å²) in [5.41, 5.74) is 0. The van der Waals surface area contributed by atoms with Gasteiger partial charge in [0.2, 0.25) is 0 Å². The van der Waals surface area contributed by atoms with E-state index in [1.54, 1.807) is 0 Å². The van der Waals surface area contributed by atoms with E-state index in [4.69, 9.17) is 11.2 Å². The molecule has 86 valence electrons. The number of hydrogen-bond donors (Lipinski definition) is 1. The molecule has 0 aromatic rings. The topological polar surface area (TPSA) is 24.5 Å². The van der Waals surface area contributed by atoms with Gasteiger partial charge in [0.05, 0.1) is 19.3 Å². The monoisotopic (exact) mass is 210 g/mol. The van der Waals surface area contributed by atoms with Crippen molar-refractivity contribution in [3.63, 3.8) is 0 Å². The minimum atomic E-state index is 0.344. The van der Waals surface area contributed by atoms with Crippen LogP contribution in [-0.4, -0.2) is 49.3 Å². The van der Waals surface area contributed by atoms with Gasteiger partial charge in [-0.25, -0.2) is 0 Å². The van der Waals surface area contributed by atoms with Crippen LogP contribution in [-0.2, 0) is 4.74 Å². The fraction of sp³-hybridized carbons (Fsp3) is 0.833. The third-order valence-corrected chi connectivity index (χ3v) is 2.89. The van der Waals surface area contributed by atoms with Crippen molar-refractivity contribution in [2.45, 2.75) is 39.0 Å². The highest BCUT2D eigenvalue weighted by Gasteiger charge is 2.26. The van der Waals surface area contributed by atoms with Crippen molar-refractivity contribution in [1.29, 1.82) is 0 Å². The first-order valence-electron chi connectivity index (χ1n) is 5.66. The third-order valence-electron chi connectivity index (χ3n) is 2.89. The number of terminal acetylenes is 1. The number of nitrogens with zero attached hydrogens (tertiary/aromatic N) is 1. The summed E-state index contributed by atoms with van der Waals surface area (Å²) in [6.07, 6.45) is 5.54. The maximum Gasteiger partial charge on any atom is 0.0674 e. The Kier molecular flexibility index (Phi) is 5.10. The van der Waals surface area contributed by atoms with Crippen molar-refractivity contribution in [3.05, 3.63) is 0 Å². The van der Waals surface area contributed by atoms with Gasteiger partial charge >= 0.3 is 0 Å². The van der Waals surface area contributed by atoms with Gasteiger partial charge in [-0.3, -0.25) is 4.90 Å². The molecule has 1 fully saturated rings. The average Bonchev–Trinajstić information content (AvgIpc) is 2.22. The van der Waals surface area contributed by atoms with Gasteiger partial charge in [0.25, 0.3) is 0 Å². The van der Waals surface area contributed by atoms with Crippen molar-refractivity contribution in [2.24, 2.45) is 0 Å². The molecule has 1 aliphatic heterocycles. The maximum atomic E-state index is 5.60. The zero-order valence-electron chi connectivity index (χ0n) is 9.99. The van der Waals surface area contributed by atoms with Crippen LogP contribution in [0.15, 0.2) is 0 Å². The average molecular weight is 210 g/mol. The molecule has 0 aliphatic carbocycles. The summed E-state index contributed by atoms with van der Waals surface area (Å²) in [7, 11) is 0. The third kappa shape index (κ3) is 3.83. The molecular formula is C12H22N2O. The van der Waals surface area contributed by atoms with Crippen molar-refractivity contribution in [2.75, 3.05) is 26.2 Å². The number of morpholine rings is 1. The highest BCUT2D eigenvalue weighted by atomic mass is 16.5. The van der Waals surface area contributed by atoms with E-state index >= 15 is 0 Å². The van der Waals surface area contributed by atoms with Gasteiger partial charge in [0.1, 0.15) is 0 Å². The van der Waals surface area contributed by atoms with Crippen LogP contribution in [0.2, 0.25) is 0 Å². The Morgan fingerprint density at radius 1 is 1.60 bits per heavy atom. The first-order valence-corrected chi connectivity index (χ1v) is 5.66. The molecule has 0 spiro atoms. The lowest BCUT2D eigenvalue weighted by molar-refractivity contribution is -0.0628. The lowest BCUT2D eigenvalue weighted by atomic mass is 10.1. The first-order chi connectivity index (χ1) is 7.15.